The molecule has 3 saturated heterocycles. The van der Waals surface area contributed by atoms with E-state index in [0.717, 1.165) is 74.3 Å². The molecule has 0 saturated carbocycles. The highest BCUT2D eigenvalue weighted by molar-refractivity contribution is 6.23. The molecular formula is C47H47N5O6. The van der Waals surface area contributed by atoms with Gasteiger partial charge in [0.1, 0.15) is 11.8 Å². The number of piperidine rings is 2. The number of likely N-dealkylation sites (tertiary alicyclic amines) is 1. The number of amides is 5. The number of fused-ring (bicyclic) bond motifs is 3. The summed E-state index contributed by atoms with van der Waals surface area (Å²) in [6.07, 6.45) is 5.26. The number of phenolic OH excluding ortho intramolecular Hbond substituents is 1. The monoisotopic (exact) mass is 777 g/mol. The number of imide groups is 2. The fourth-order valence-electron chi connectivity index (χ4n) is 10.8. The van der Waals surface area contributed by atoms with Crippen molar-refractivity contribution in [2.45, 2.75) is 75.9 Å². The van der Waals surface area contributed by atoms with Crippen LogP contribution in [0.5, 0.6) is 5.75 Å². The predicted molar refractivity (Wildman–Crippen MR) is 216 cm³/mol. The maximum Gasteiger partial charge on any atom is 0.262 e. The molecule has 0 bridgehead atoms. The number of rotatable bonds is 6. The number of carbonyl (C=O) groups is 5. The summed E-state index contributed by atoms with van der Waals surface area (Å²) in [5.41, 5.74) is 8.92. The largest absolute Gasteiger partial charge is 0.508 e. The molecule has 3 fully saturated rings. The third kappa shape index (κ3) is 6.36. The van der Waals surface area contributed by atoms with Crippen molar-refractivity contribution in [2.75, 3.05) is 37.6 Å². The van der Waals surface area contributed by atoms with Gasteiger partial charge in [0, 0.05) is 57.3 Å². The Morgan fingerprint density at radius 3 is 2.12 bits per heavy atom. The molecular weight excluding hydrogens is 731 g/mol. The quantitative estimate of drug-likeness (QED) is 0.246. The highest BCUT2D eigenvalue weighted by Gasteiger charge is 2.46. The standard InChI is InChI=1S/C47H47N5O6/c53-35-11-13-37-31(22-35)8-12-36(29-4-2-1-3-5-29)43(37)30-6-9-34(10-7-30)50-19-16-47(17-20-50)18-21-51(28-47)42(55)27-49-25-32-23-38-39(24-33(32)26-49)46(58)52(45(38)57)40-14-15-41(54)48-44(40)56/h1-7,9-11,13,22-24,36,40,43,53H,8,12,14-21,25-28H2,(H,48,54,56). The number of carbonyl (C=O) groups excluding carboxylic acids is 5. The minimum absolute atomic E-state index is 0.0796. The Hall–Kier alpha value is -5.81. The van der Waals surface area contributed by atoms with E-state index in [2.05, 4.69) is 75.8 Å². The lowest BCUT2D eigenvalue weighted by Crippen LogP contribution is -2.54. The number of aryl methyl sites for hydroxylation is 1. The van der Waals surface area contributed by atoms with E-state index in [9.17, 15) is 29.1 Å². The van der Waals surface area contributed by atoms with Crippen LogP contribution in [0.25, 0.3) is 0 Å². The lowest BCUT2D eigenvalue weighted by molar-refractivity contribution is -0.136. The molecule has 10 rings (SSSR count). The van der Waals surface area contributed by atoms with Crippen LogP contribution in [0.3, 0.4) is 0 Å². The Labute approximate surface area is 337 Å². The molecule has 2 N–H and O–H groups in total. The Bertz CT molecular complexity index is 2310. The average Bonchev–Trinajstić information content (AvgIpc) is 3.90. The number of hydrogen-bond donors (Lipinski definition) is 2. The van der Waals surface area contributed by atoms with E-state index in [1.807, 2.05) is 17.0 Å². The van der Waals surface area contributed by atoms with Gasteiger partial charge in [-0.05, 0) is 120 Å². The first-order valence-corrected chi connectivity index (χ1v) is 20.7. The number of phenols is 1. The molecule has 0 aromatic heterocycles. The first kappa shape index (κ1) is 36.5. The second kappa shape index (κ2) is 14.2. The summed E-state index contributed by atoms with van der Waals surface area (Å²) < 4.78 is 0. The van der Waals surface area contributed by atoms with Gasteiger partial charge in [0.05, 0.1) is 17.7 Å². The summed E-state index contributed by atoms with van der Waals surface area (Å²) >= 11 is 0. The van der Waals surface area contributed by atoms with Crippen molar-refractivity contribution in [3.63, 3.8) is 0 Å². The van der Waals surface area contributed by atoms with Crippen LogP contribution in [0.4, 0.5) is 5.69 Å². The second-order valence-corrected chi connectivity index (χ2v) is 17.3. The maximum absolute atomic E-state index is 13.7. The average molecular weight is 778 g/mol. The third-order valence-corrected chi connectivity index (χ3v) is 14.0. The minimum Gasteiger partial charge on any atom is -0.508 e. The summed E-state index contributed by atoms with van der Waals surface area (Å²) in [5, 5.41) is 12.5. The minimum atomic E-state index is -0.992. The van der Waals surface area contributed by atoms with Gasteiger partial charge in [0.2, 0.25) is 17.7 Å². The van der Waals surface area contributed by atoms with Crippen LogP contribution >= 0.6 is 0 Å². The van der Waals surface area contributed by atoms with Crippen molar-refractivity contribution >= 4 is 35.2 Å². The highest BCUT2D eigenvalue weighted by atomic mass is 16.3. The lowest BCUT2D eigenvalue weighted by atomic mass is 9.69. The smallest absolute Gasteiger partial charge is 0.262 e. The highest BCUT2D eigenvalue weighted by Crippen LogP contribution is 2.48. The molecule has 5 heterocycles. The molecule has 4 aromatic carbocycles. The molecule has 11 heteroatoms. The van der Waals surface area contributed by atoms with E-state index in [1.54, 1.807) is 12.1 Å². The Kier molecular flexibility index (Phi) is 8.96. The van der Waals surface area contributed by atoms with Gasteiger partial charge in [-0.15, -0.1) is 0 Å². The van der Waals surface area contributed by atoms with Crippen molar-refractivity contribution in [3.05, 3.63) is 129 Å². The summed E-state index contributed by atoms with van der Waals surface area (Å²) in [7, 11) is 0. The van der Waals surface area contributed by atoms with Gasteiger partial charge in [0.25, 0.3) is 11.8 Å². The van der Waals surface area contributed by atoms with Crippen LogP contribution in [-0.2, 0) is 33.9 Å². The molecule has 4 aromatic rings. The van der Waals surface area contributed by atoms with Gasteiger partial charge < -0.3 is 14.9 Å². The zero-order valence-electron chi connectivity index (χ0n) is 32.5. The van der Waals surface area contributed by atoms with Gasteiger partial charge in [-0.1, -0.05) is 48.5 Å². The second-order valence-electron chi connectivity index (χ2n) is 17.3. The molecule has 3 unspecified atom stereocenters. The molecule has 0 radical (unpaired) electrons. The predicted octanol–water partition coefficient (Wildman–Crippen LogP) is 5.49. The summed E-state index contributed by atoms with van der Waals surface area (Å²) in [6.45, 7) is 4.70. The number of benzene rings is 4. The molecule has 6 aliphatic rings. The van der Waals surface area contributed by atoms with E-state index < -0.39 is 29.7 Å². The van der Waals surface area contributed by atoms with E-state index in [4.69, 9.17) is 0 Å². The molecule has 11 nitrogen and oxygen atoms in total. The van der Waals surface area contributed by atoms with E-state index in [0.29, 0.717) is 24.8 Å². The SMILES string of the molecule is O=C1CCC(N2C(=O)c3cc4c(cc3C2=O)CN(CC(=O)N2CCC3(CCN(c5ccc(C6c7ccc(O)cc7CCC6c6ccccc6)cc5)CC3)C2)C4)C(=O)N1. The summed E-state index contributed by atoms with van der Waals surface area (Å²) in [6, 6.07) is 28.3. The third-order valence-electron chi connectivity index (χ3n) is 14.0. The van der Waals surface area contributed by atoms with Gasteiger partial charge in [0.15, 0.2) is 0 Å². The van der Waals surface area contributed by atoms with E-state index in [-0.39, 0.29) is 47.8 Å². The summed E-state index contributed by atoms with van der Waals surface area (Å²) in [5.74, 6) is -1.03. The Morgan fingerprint density at radius 1 is 0.741 bits per heavy atom. The molecule has 5 aliphatic heterocycles. The normalized spacial score (nSPS) is 23.9. The van der Waals surface area contributed by atoms with Crippen molar-refractivity contribution in [3.8, 4) is 5.75 Å². The van der Waals surface area contributed by atoms with E-state index in [1.165, 1.54) is 27.9 Å². The van der Waals surface area contributed by atoms with Crippen LogP contribution < -0.4 is 10.2 Å². The van der Waals surface area contributed by atoms with Crippen LogP contribution in [-0.4, -0.2) is 88.1 Å². The first-order chi connectivity index (χ1) is 28.1. The van der Waals surface area contributed by atoms with Gasteiger partial charge in [-0.3, -0.25) is 39.1 Å². The van der Waals surface area contributed by atoms with Crippen molar-refractivity contribution < 1.29 is 29.1 Å². The van der Waals surface area contributed by atoms with Crippen molar-refractivity contribution in [1.29, 1.82) is 0 Å². The summed E-state index contributed by atoms with van der Waals surface area (Å²) in [4.78, 5) is 72.1. The topological polar surface area (TPSA) is 131 Å². The van der Waals surface area contributed by atoms with Crippen molar-refractivity contribution in [1.82, 2.24) is 20.0 Å². The fraction of sp³-hybridized carbons (Fsp3) is 0.383. The molecule has 1 aliphatic carbocycles. The van der Waals surface area contributed by atoms with Crippen LogP contribution in [0.15, 0.2) is 84.9 Å². The number of hydrogen-bond acceptors (Lipinski definition) is 8. The fourth-order valence-corrected chi connectivity index (χ4v) is 10.8. The lowest BCUT2D eigenvalue weighted by Gasteiger charge is -2.40. The molecule has 1 spiro atoms. The van der Waals surface area contributed by atoms with Crippen LogP contribution in [0.2, 0.25) is 0 Å². The Balaban J connectivity index is 0.752. The van der Waals surface area contributed by atoms with Gasteiger partial charge in [-0.2, -0.15) is 0 Å². The molecule has 296 valence electrons. The zero-order valence-corrected chi connectivity index (χ0v) is 32.5. The molecule has 3 atom stereocenters. The molecule has 5 amide bonds. The van der Waals surface area contributed by atoms with Crippen LogP contribution in [0, 0.1) is 5.41 Å². The van der Waals surface area contributed by atoms with Gasteiger partial charge >= 0.3 is 0 Å². The van der Waals surface area contributed by atoms with E-state index >= 15 is 0 Å². The maximum atomic E-state index is 13.7. The zero-order chi connectivity index (χ0) is 39.7. The number of nitrogens with zero attached hydrogens (tertiary/aromatic N) is 4. The first-order valence-electron chi connectivity index (χ1n) is 20.7. The number of aromatic hydroxyl groups is 1. The molecule has 58 heavy (non-hydrogen) atoms. The number of anilines is 1. The Morgan fingerprint density at radius 2 is 1.43 bits per heavy atom. The van der Waals surface area contributed by atoms with Gasteiger partial charge in [-0.25, -0.2) is 0 Å². The van der Waals surface area contributed by atoms with Crippen LogP contribution in [0.1, 0.15) is 104 Å². The number of nitrogens with one attached hydrogen (secondary N) is 1. The van der Waals surface area contributed by atoms with Crippen molar-refractivity contribution in [2.24, 2.45) is 5.41 Å².